The third-order valence-corrected chi connectivity index (χ3v) is 9.66. The van der Waals surface area contributed by atoms with Crippen LogP contribution in [0.15, 0.2) is 28.4 Å². The van der Waals surface area contributed by atoms with Crippen molar-refractivity contribution >= 4 is 34.4 Å². The summed E-state index contributed by atoms with van der Waals surface area (Å²) in [5, 5.41) is 0.174. The first-order valence-corrected chi connectivity index (χ1v) is 14.7. The highest BCUT2D eigenvalue weighted by Gasteiger charge is 2.44. The van der Waals surface area contributed by atoms with Crippen LogP contribution in [0.2, 0.25) is 0 Å². The van der Waals surface area contributed by atoms with E-state index >= 15 is 0 Å². The minimum Gasteiger partial charge on any atom is -0.383 e. The quantitative estimate of drug-likeness (QED) is 0.328. The van der Waals surface area contributed by atoms with Gasteiger partial charge in [-0.25, -0.2) is 13.6 Å². The lowest BCUT2D eigenvalue weighted by atomic mass is 9.79. The van der Waals surface area contributed by atoms with Crippen LogP contribution >= 0.6 is 11.8 Å². The molecule has 2 fully saturated rings. The number of hydrogen-bond donors (Lipinski definition) is 0. The number of amides is 1. The van der Waals surface area contributed by atoms with Crippen LogP contribution in [0.4, 0.5) is 27.8 Å². The monoisotopic (exact) mass is 600 g/mol. The molecule has 0 bridgehead atoms. The first kappa shape index (κ1) is 29.8. The number of aromatic nitrogens is 2. The Hall–Kier alpha value is -2.67. The summed E-state index contributed by atoms with van der Waals surface area (Å²) in [5.74, 6) is -3.47. The molecule has 13 heteroatoms. The Balaban J connectivity index is 1.75. The number of hydrogen-bond acceptors (Lipinski definition) is 6. The zero-order valence-corrected chi connectivity index (χ0v) is 24.0. The lowest BCUT2D eigenvalue weighted by molar-refractivity contribution is -0.138. The number of benzene rings is 1. The van der Waals surface area contributed by atoms with Gasteiger partial charge in [-0.05, 0) is 50.3 Å². The lowest BCUT2D eigenvalue weighted by Gasteiger charge is -2.45. The molecule has 3 atom stereocenters. The minimum atomic E-state index is -4.75. The van der Waals surface area contributed by atoms with Gasteiger partial charge in [-0.15, -0.1) is 11.8 Å². The van der Waals surface area contributed by atoms with Crippen LogP contribution in [-0.4, -0.2) is 70.9 Å². The van der Waals surface area contributed by atoms with E-state index in [0.29, 0.717) is 10.4 Å². The Bertz CT molecular complexity index is 1410. The van der Waals surface area contributed by atoms with Gasteiger partial charge < -0.3 is 14.5 Å². The third-order valence-electron chi connectivity index (χ3n) is 8.41. The Morgan fingerprint density at radius 3 is 2.41 bits per heavy atom. The summed E-state index contributed by atoms with van der Waals surface area (Å²) in [5.41, 5.74) is -1.15. The van der Waals surface area contributed by atoms with Crippen LogP contribution in [0.3, 0.4) is 0 Å². The lowest BCUT2D eigenvalue weighted by Crippen LogP contribution is -2.58. The number of alkyl halides is 5. The molecule has 1 aromatic carbocycles. The number of ether oxygens (including phenoxy) is 1. The largest absolute Gasteiger partial charge is 0.416 e. The fourth-order valence-electron chi connectivity index (χ4n) is 6.67. The fraction of sp³-hybridized carbons (Fsp3) is 0.607. The van der Waals surface area contributed by atoms with Gasteiger partial charge in [0.2, 0.25) is 11.8 Å². The van der Waals surface area contributed by atoms with E-state index in [2.05, 4.69) is 11.6 Å². The van der Waals surface area contributed by atoms with E-state index in [0.717, 1.165) is 6.07 Å². The normalized spacial score (nSPS) is 25.0. The molecule has 1 saturated carbocycles. The van der Waals surface area contributed by atoms with Gasteiger partial charge in [0.15, 0.2) is 0 Å². The summed E-state index contributed by atoms with van der Waals surface area (Å²) in [4.78, 5) is 34.1. The summed E-state index contributed by atoms with van der Waals surface area (Å²) in [7, 11) is 1.48. The van der Waals surface area contributed by atoms with Crippen molar-refractivity contribution in [1.82, 2.24) is 14.5 Å². The summed E-state index contributed by atoms with van der Waals surface area (Å²) in [6.07, 6.45) is -4.65. The molecule has 1 saturated heterocycles. The number of thioether (sulfide) groups is 1. The highest BCUT2D eigenvalue weighted by Crippen LogP contribution is 2.52. The van der Waals surface area contributed by atoms with Gasteiger partial charge in [-0.1, -0.05) is 6.58 Å². The average molecular weight is 601 g/mol. The van der Waals surface area contributed by atoms with Gasteiger partial charge in [-0.3, -0.25) is 9.36 Å². The van der Waals surface area contributed by atoms with Crippen molar-refractivity contribution in [2.75, 3.05) is 37.5 Å². The first-order valence-electron chi connectivity index (χ1n) is 13.7. The molecule has 1 amide bonds. The Labute approximate surface area is 238 Å². The van der Waals surface area contributed by atoms with E-state index in [1.807, 2.05) is 13.8 Å². The number of carbonyl (C=O) groups excluding carboxylic acids is 1. The number of piperazine rings is 1. The molecular formula is C28H33F5N4O3S. The Kier molecular flexibility index (Phi) is 7.90. The molecule has 2 aliphatic heterocycles. The Morgan fingerprint density at radius 1 is 1.22 bits per heavy atom. The van der Waals surface area contributed by atoms with Gasteiger partial charge in [0.1, 0.15) is 5.82 Å². The van der Waals surface area contributed by atoms with Gasteiger partial charge in [-0.2, -0.15) is 18.2 Å². The van der Waals surface area contributed by atoms with Crippen LogP contribution in [0.5, 0.6) is 0 Å². The van der Waals surface area contributed by atoms with Crippen LogP contribution in [0.25, 0.3) is 10.9 Å². The molecule has 5 rings (SSSR count). The zero-order valence-electron chi connectivity index (χ0n) is 23.1. The second kappa shape index (κ2) is 10.9. The number of anilines is 1. The van der Waals surface area contributed by atoms with Gasteiger partial charge >= 0.3 is 11.9 Å². The van der Waals surface area contributed by atoms with Crippen molar-refractivity contribution < 1.29 is 31.5 Å². The van der Waals surface area contributed by atoms with E-state index in [-0.39, 0.29) is 73.0 Å². The van der Waals surface area contributed by atoms with Crippen molar-refractivity contribution in [2.45, 2.75) is 80.6 Å². The SMILES string of the molecule is C=CC(=O)N1C(C)CN(c2nc(=O)n3c4c(c(C5CCC(F)(F)CC5)c(C(F)(F)F)cc24)SCC3COC)CC1C. The smallest absolute Gasteiger partial charge is 0.383 e. The maximum absolute atomic E-state index is 14.7. The number of rotatable bonds is 5. The zero-order chi connectivity index (χ0) is 29.9. The summed E-state index contributed by atoms with van der Waals surface area (Å²) in [6.45, 7) is 7.86. The number of methoxy groups -OCH3 is 1. The number of carbonyl (C=O) groups is 1. The average Bonchev–Trinajstić information content (AvgIpc) is 2.89. The second-order valence-electron chi connectivity index (χ2n) is 11.3. The van der Waals surface area contributed by atoms with Crippen molar-refractivity contribution in [3.05, 3.63) is 40.3 Å². The van der Waals surface area contributed by atoms with Crippen LogP contribution in [-0.2, 0) is 15.7 Å². The van der Waals surface area contributed by atoms with Crippen molar-refractivity contribution in [3.8, 4) is 0 Å². The molecule has 3 unspecified atom stereocenters. The van der Waals surface area contributed by atoms with Gasteiger partial charge in [0, 0.05) is 61.2 Å². The highest BCUT2D eigenvalue weighted by molar-refractivity contribution is 7.99. The minimum absolute atomic E-state index is 0.00481. The van der Waals surface area contributed by atoms with E-state index in [9.17, 15) is 31.5 Å². The van der Waals surface area contributed by atoms with Crippen LogP contribution < -0.4 is 10.6 Å². The van der Waals surface area contributed by atoms with Crippen molar-refractivity contribution in [1.29, 1.82) is 0 Å². The maximum atomic E-state index is 14.7. The summed E-state index contributed by atoms with van der Waals surface area (Å²) < 4.78 is 79.0. The second-order valence-corrected chi connectivity index (χ2v) is 12.3. The molecule has 41 heavy (non-hydrogen) atoms. The fourth-order valence-corrected chi connectivity index (χ4v) is 8.05. The predicted molar refractivity (Wildman–Crippen MR) is 147 cm³/mol. The number of halogens is 5. The standard InChI is InChI=1S/C28H33F5N4O3S/c1-5-21(38)36-15(2)11-35(12-16(36)3)25-19-10-20(28(31,32)33)22(17-6-8-27(29,30)9-7-17)24-23(19)37(26(39)34-25)18(13-40-4)14-41-24/h5,10,15-18H,1,6-9,11-14H2,2-4H3. The van der Waals surface area contributed by atoms with E-state index < -0.39 is 48.2 Å². The highest BCUT2D eigenvalue weighted by atomic mass is 32.2. The third kappa shape index (κ3) is 5.35. The topological polar surface area (TPSA) is 67.7 Å². The molecule has 224 valence electrons. The van der Waals surface area contributed by atoms with Crippen molar-refractivity contribution in [3.63, 3.8) is 0 Å². The maximum Gasteiger partial charge on any atom is 0.416 e. The molecule has 1 aromatic heterocycles. The summed E-state index contributed by atoms with van der Waals surface area (Å²) >= 11 is 1.21. The van der Waals surface area contributed by atoms with Crippen LogP contribution in [0.1, 0.15) is 62.6 Å². The molecule has 0 N–H and O–H groups in total. The molecule has 1 aliphatic carbocycles. The van der Waals surface area contributed by atoms with Gasteiger partial charge in [0.05, 0.1) is 23.7 Å². The van der Waals surface area contributed by atoms with Gasteiger partial charge in [0.25, 0.3) is 0 Å². The molecular weight excluding hydrogens is 567 g/mol. The predicted octanol–water partition coefficient (Wildman–Crippen LogP) is 5.61. The molecule has 0 radical (unpaired) electrons. The molecule has 7 nitrogen and oxygen atoms in total. The van der Waals surface area contributed by atoms with Crippen LogP contribution in [0, 0.1) is 0 Å². The first-order chi connectivity index (χ1) is 19.3. The molecule has 0 spiro atoms. The van der Waals surface area contributed by atoms with E-state index in [4.69, 9.17) is 4.74 Å². The van der Waals surface area contributed by atoms with E-state index in [1.165, 1.54) is 29.5 Å². The Morgan fingerprint density at radius 2 is 1.85 bits per heavy atom. The number of nitrogens with zero attached hydrogens (tertiary/aromatic N) is 4. The van der Waals surface area contributed by atoms with Crippen molar-refractivity contribution in [2.24, 2.45) is 0 Å². The summed E-state index contributed by atoms with van der Waals surface area (Å²) in [6, 6.07) is -0.0614. The molecule has 3 heterocycles. The molecule has 3 aliphatic rings. The van der Waals surface area contributed by atoms with E-state index in [1.54, 1.807) is 9.80 Å². The molecule has 2 aromatic rings.